The van der Waals surface area contributed by atoms with Gasteiger partial charge in [0.25, 0.3) is 0 Å². The molecule has 0 saturated heterocycles. The van der Waals surface area contributed by atoms with Crippen LogP contribution in [0.25, 0.3) is 0 Å². The lowest BCUT2D eigenvalue weighted by Gasteiger charge is -2.08. The van der Waals surface area contributed by atoms with E-state index in [0.717, 1.165) is 6.07 Å². The summed E-state index contributed by atoms with van der Waals surface area (Å²) in [5.41, 5.74) is -0.0875. The van der Waals surface area contributed by atoms with Crippen LogP contribution in [0.1, 0.15) is 28.7 Å². The Labute approximate surface area is 121 Å². The van der Waals surface area contributed by atoms with Gasteiger partial charge in [-0.3, -0.25) is 0 Å². The number of carboxylic acid groups (broad SMARTS) is 1. The maximum Gasteiger partial charge on any atom is 0.358 e. The van der Waals surface area contributed by atoms with E-state index >= 15 is 0 Å². The van der Waals surface area contributed by atoms with Gasteiger partial charge in [0.15, 0.2) is 5.69 Å². The second kappa shape index (κ2) is 5.66. The number of nitrogens with zero attached hydrogens (tertiary/aromatic N) is 3. The monoisotopic (exact) mass is 345 g/mol. The fraction of sp³-hybridized carbons (Fsp3) is 0.250. The van der Waals surface area contributed by atoms with Gasteiger partial charge in [-0.2, -0.15) is 0 Å². The normalized spacial score (nSPS) is 10.8. The topological polar surface area (TPSA) is 68.0 Å². The second-order valence-electron chi connectivity index (χ2n) is 4.02. The zero-order valence-corrected chi connectivity index (χ0v) is 12.0. The summed E-state index contributed by atoms with van der Waals surface area (Å²) in [5.74, 6) is -2.68. The molecule has 8 heteroatoms. The van der Waals surface area contributed by atoms with Crippen LogP contribution in [0.3, 0.4) is 0 Å². The molecule has 0 atom stereocenters. The number of aromatic nitrogens is 3. The average Bonchev–Trinajstić information content (AvgIpc) is 2.82. The minimum absolute atomic E-state index is 0.130. The fourth-order valence-corrected chi connectivity index (χ4v) is 2.21. The van der Waals surface area contributed by atoms with Crippen LogP contribution in [0.5, 0.6) is 0 Å². The van der Waals surface area contributed by atoms with Crippen LogP contribution in [0.4, 0.5) is 8.78 Å². The first-order valence-corrected chi connectivity index (χ1v) is 6.53. The molecule has 0 amide bonds. The van der Waals surface area contributed by atoms with Crippen LogP contribution in [0.2, 0.25) is 0 Å². The molecule has 1 N–H and O–H groups in total. The van der Waals surface area contributed by atoms with Gasteiger partial charge in [0.05, 0.1) is 16.7 Å². The standard InChI is InChI=1S/C12H10BrF2N3O2/c1-2-9-11(12(19)20)16-17-18(9)5-6-8(14)4-3-7(13)10(6)15/h3-4H,2,5H2,1H3,(H,19,20). The van der Waals surface area contributed by atoms with Gasteiger partial charge in [0.2, 0.25) is 0 Å². The van der Waals surface area contributed by atoms with Crippen molar-refractivity contribution in [1.29, 1.82) is 0 Å². The summed E-state index contributed by atoms with van der Waals surface area (Å²) in [6.45, 7) is 1.50. The van der Waals surface area contributed by atoms with Gasteiger partial charge in [-0.1, -0.05) is 12.1 Å². The van der Waals surface area contributed by atoms with Crippen LogP contribution >= 0.6 is 15.9 Å². The van der Waals surface area contributed by atoms with Gasteiger partial charge in [-0.25, -0.2) is 18.3 Å². The Morgan fingerprint density at radius 3 is 2.75 bits per heavy atom. The highest BCUT2D eigenvalue weighted by Gasteiger charge is 2.20. The molecule has 0 unspecified atom stereocenters. The van der Waals surface area contributed by atoms with Gasteiger partial charge in [0.1, 0.15) is 11.6 Å². The Morgan fingerprint density at radius 2 is 2.15 bits per heavy atom. The molecule has 2 rings (SSSR count). The lowest BCUT2D eigenvalue weighted by Crippen LogP contribution is -2.11. The van der Waals surface area contributed by atoms with Crippen molar-refractivity contribution in [3.8, 4) is 0 Å². The Kier molecular flexibility index (Phi) is 4.12. The molecule has 0 aliphatic carbocycles. The van der Waals surface area contributed by atoms with E-state index in [-0.39, 0.29) is 22.3 Å². The predicted molar refractivity (Wildman–Crippen MR) is 69.5 cm³/mol. The maximum atomic E-state index is 13.9. The van der Waals surface area contributed by atoms with Gasteiger partial charge in [0, 0.05) is 5.56 Å². The third kappa shape index (κ3) is 2.55. The van der Waals surface area contributed by atoms with E-state index < -0.39 is 17.6 Å². The average molecular weight is 346 g/mol. The summed E-state index contributed by atoms with van der Waals surface area (Å²) in [5, 5.41) is 16.1. The number of benzene rings is 1. The van der Waals surface area contributed by atoms with E-state index in [0.29, 0.717) is 12.1 Å². The van der Waals surface area contributed by atoms with Crippen molar-refractivity contribution in [2.45, 2.75) is 19.9 Å². The SMILES string of the molecule is CCc1c(C(=O)O)nnn1Cc1c(F)ccc(Br)c1F. The van der Waals surface area contributed by atoms with E-state index in [1.807, 2.05) is 0 Å². The Morgan fingerprint density at radius 1 is 1.45 bits per heavy atom. The highest BCUT2D eigenvalue weighted by atomic mass is 79.9. The highest BCUT2D eigenvalue weighted by Crippen LogP contribution is 2.23. The third-order valence-corrected chi connectivity index (χ3v) is 3.43. The van der Waals surface area contributed by atoms with Crippen LogP contribution in [0, 0.1) is 11.6 Å². The molecule has 2 aromatic rings. The van der Waals surface area contributed by atoms with Crippen molar-refractivity contribution in [2.24, 2.45) is 0 Å². The molecule has 0 saturated carbocycles. The third-order valence-electron chi connectivity index (χ3n) is 2.82. The van der Waals surface area contributed by atoms with E-state index in [1.165, 1.54) is 10.7 Å². The molecule has 20 heavy (non-hydrogen) atoms. The lowest BCUT2D eigenvalue weighted by molar-refractivity contribution is 0.0689. The quantitative estimate of drug-likeness (QED) is 0.865. The number of halogens is 3. The van der Waals surface area contributed by atoms with Gasteiger partial charge in [-0.15, -0.1) is 5.10 Å². The van der Waals surface area contributed by atoms with Crippen LogP contribution in [-0.2, 0) is 13.0 Å². The van der Waals surface area contributed by atoms with Crippen molar-refractivity contribution in [2.75, 3.05) is 0 Å². The molecule has 0 fully saturated rings. The minimum Gasteiger partial charge on any atom is -0.476 e. The molecule has 0 radical (unpaired) electrons. The van der Waals surface area contributed by atoms with Gasteiger partial charge < -0.3 is 5.11 Å². The summed E-state index contributed by atoms with van der Waals surface area (Å²) in [6.07, 6.45) is 0.339. The molecule has 1 aromatic heterocycles. The predicted octanol–water partition coefficient (Wildman–Crippen LogP) is 2.63. The zero-order valence-electron chi connectivity index (χ0n) is 10.4. The Bertz CT molecular complexity index is 673. The number of carbonyl (C=O) groups is 1. The van der Waals surface area contributed by atoms with E-state index in [4.69, 9.17) is 5.11 Å². The molecule has 1 aromatic carbocycles. The molecular formula is C12H10BrF2N3O2. The summed E-state index contributed by atoms with van der Waals surface area (Å²) < 4.78 is 28.9. The Balaban J connectivity index is 2.46. The Hall–Kier alpha value is -1.83. The van der Waals surface area contributed by atoms with E-state index in [2.05, 4.69) is 26.2 Å². The summed E-state index contributed by atoms with van der Waals surface area (Å²) in [4.78, 5) is 11.0. The van der Waals surface area contributed by atoms with Crippen molar-refractivity contribution in [3.63, 3.8) is 0 Å². The molecule has 0 spiro atoms. The first kappa shape index (κ1) is 14.6. The van der Waals surface area contributed by atoms with Gasteiger partial charge in [-0.05, 0) is 34.5 Å². The van der Waals surface area contributed by atoms with Crippen LogP contribution < -0.4 is 0 Å². The highest BCUT2D eigenvalue weighted by molar-refractivity contribution is 9.10. The fourth-order valence-electron chi connectivity index (χ4n) is 1.84. The zero-order chi connectivity index (χ0) is 14.9. The second-order valence-corrected chi connectivity index (χ2v) is 4.88. The summed E-state index contributed by atoms with van der Waals surface area (Å²) >= 11 is 2.98. The molecule has 5 nitrogen and oxygen atoms in total. The van der Waals surface area contributed by atoms with Crippen molar-refractivity contribution >= 4 is 21.9 Å². The number of aromatic carboxylic acids is 1. The molecule has 0 bridgehead atoms. The van der Waals surface area contributed by atoms with E-state index in [1.54, 1.807) is 6.92 Å². The molecule has 106 valence electrons. The summed E-state index contributed by atoms with van der Waals surface area (Å²) in [6, 6.07) is 2.39. The van der Waals surface area contributed by atoms with Crippen LogP contribution in [0.15, 0.2) is 16.6 Å². The first-order valence-electron chi connectivity index (χ1n) is 5.73. The maximum absolute atomic E-state index is 13.9. The molecule has 0 aliphatic rings. The number of hydrogen-bond acceptors (Lipinski definition) is 3. The van der Waals surface area contributed by atoms with Crippen molar-refractivity contribution in [3.05, 3.63) is 45.2 Å². The number of rotatable bonds is 4. The van der Waals surface area contributed by atoms with Crippen molar-refractivity contribution < 1.29 is 18.7 Å². The van der Waals surface area contributed by atoms with E-state index in [9.17, 15) is 13.6 Å². The largest absolute Gasteiger partial charge is 0.476 e. The first-order chi connectivity index (χ1) is 9.45. The lowest BCUT2D eigenvalue weighted by atomic mass is 10.2. The molecule has 0 aliphatic heterocycles. The van der Waals surface area contributed by atoms with Gasteiger partial charge >= 0.3 is 5.97 Å². The number of hydrogen-bond donors (Lipinski definition) is 1. The smallest absolute Gasteiger partial charge is 0.358 e. The van der Waals surface area contributed by atoms with Crippen molar-refractivity contribution in [1.82, 2.24) is 15.0 Å². The minimum atomic E-state index is -1.22. The number of carboxylic acids is 1. The van der Waals surface area contributed by atoms with Crippen LogP contribution in [-0.4, -0.2) is 26.1 Å². The summed E-state index contributed by atoms with van der Waals surface area (Å²) in [7, 11) is 0. The molecule has 1 heterocycles. The molecular weight excluding hydrogens is 336 g/mol.